The molecule has 0 spiro atoms. The van der Waals surface area contributed by atoms with Crippen LogP contribution < -0.4 is 5.32 Å². The summed E-state index contributed by atoms with van der Waals surface area (Å²) in [5.41, 5.74) is 3.08. The monoisotopic (exact) mass is 394 g/mol. The maximum Gasteiger partial charge on any atom is 0.255 e. The summed E-state index contributed by atoms with van der Waals surface area (Å²) >= 11 is 1.51. The molecule has 0 bridgehead atoms. The Morgan fingerprint density at radius 2 is 1.86 bits per heavy atom. The molecule has 2 atom stereocenters. The molecule has 6 heteroatoms. The number of hydrogen-bond acceptors (Lipinski definition) is 5. The molecule has 2 unspecified atom stereocenters. The number of carbonyl (C=O) groups excluding carboxylic acids is 1. The number of aromatic nitrogens is 1. The summed E-state index contributed by atoms with van der Waals surface area (Å²) in [5, 5.41) is 3.53. The van der Waals surface area contributed by atoms with Crippen LogP contribution in [0.5, 0.6) is 0 Å². The van der Waals surface area contributed by atoms with E-state index in [4.69, 9.17) is 9.47 Å². The number of ether oxygens (including phenoxy) is 2. The number of nitrogens with one attached hydrogen (secondary N) is 1. The highest BCUT2D eigenvalue weighted by molar-refractivity contribution is 7.15. The van der Waals surface area contributed by atoms with Crippen molar-refractivity contribution in [2.45, 2.75) is 32.2 Å². The molecule has 5 nitrogen and oxygen atoms in total. The topological polar surface area (TPSA) is 60.5 Å². The van der Waals surface area contributed by atoms with Crippen molar-refractivity contribution in [3.8, 4) is 0 Å². The summed E-state index contributed by atoms with van der Waals surface area (Å²) < 4.78 is 11.6. The molecule has 4 rings (SSSR count). The Hall–Kier alpha value is -2.54. The van der Waals surface area contributed by atoms with Gasteiger partial charge in [-0.2, -0.15) is 0 Å². The Balaban J connectivity index is 1.40. The molecule has 1 amide bonds. The molecule has 28 heavy (non-hydrogen) atoms. The highest BCUT2D eigenvalue weighted by atomic mass is 32.1. The number of nitrogens with zero attached hydrogens (tertiary/aromatic N) is 1. The maximum atomic E-state index is 12.7. The molecule has 1 N–H and O–H groups in total. The van der Waals surface area contributed by atoms with Gasteiger partial charge in [0.2, 0.25) is 0 Å². The van der Waals surface area contributed by atoms with E-state index in [-0.39, 0.29) is 5.91 Å². The van der Waals surface area contributed by atoms with Crippen LogP contribution in [0.4, 0.5) is 5.13 Å². The molecular formula is C22H22N2O3S. The van der Waals surface area contributed by atoms with E-state index in [9.17, 15) is 4.79 Å². The van der Waals surface area contributed by atoms with Gasteiger partial charge in [-0.3, -0.25) is 10.1 Å². The quantitative estimate of drug-likeness (QED) is 0.693. The van der Waals surface area contributed by atoms with Crippen LogP contribution in [-0.4, -0.2) is 23.6 Å². The first-order valence-electron chi connectivity index (χ1n) is 9.32. The first-order valence-corrected chi connectivity index (χ1v) is 10.1. The van der Waals surface area contributed by atoms with Crippen molar-refractivity contribution in [3.05, 3.63) is 82.4 Å². The van der Waals surface area contributed by atoms with Crippen LogP contribution in [0, 0.1) is 6.92 Å². The first-order chi connectivity index (χ1) is 13.7. The van der Waals surface area contributed by atoms with Crippen molar-refractivity contribution in [2.24, 2.45) is 0 Å². The molecule has 1 aliphatic heterocycles. The summed E-state index contributed by atoms with van der Waals surface area (Å²) in [6.45, 7) is 2.45. The van der Waals surface area contributed by atoms with Gasteiger partial charge in [-0.25, -0.2) is 4.98 Å². The number of hydrogen-bond donors (Lipinski definition) is 1. The molecule has 0 radical (unpaired) electrons. The van der Waals surface area contributed by atoms with Gasteiger partial charge >= 0.3 is 0 Å². The fraction of sp³-hybridized carbons (Fsp3) is 0.273. The van der Waals surface area contributed by atoms with E-state index in [1.165, 1.54) is 16.9 Å². The van der Waals surface area contributed by atoms with Crippen molar-refractivity contribution in [1.29, 1.82) is 0 Å². The Labute approximate surface area is 168 Å². The van der Waals surface area contributed by atoms with E-state index in [0.717, 1.165) is 22.6 Å². The van der Waals surface area contributed by atoms with Gasteiger partial charge < -0.3 is 9.47 Å². The SMILES string of the molecule is Cc1nc(NC(=O)C2CCOC(c3ccccc3)O2)sc1Cc1ccccc1. The van der Waals surface area contributed by atoms with Crippen LogP contribution in [0.1, 0.15) is 34.4 Å². The second-order valence-electron chi connectivity index (χ2n) is 6.71. The standard InChI is InChI=1S/C22H22N2O3S/c1-15-19(14-16-8-4-2-5-9-16)28-22(23-15)24-20(25)18-12-13-26-21(27-18)17-10-6-3-7-11-17/h2-11,18,21H,12-14H2,1H3,(H,23,24,25). The number of carbonyl (C=O) groups is 1. The summed E-state index contributed by atoms with van der Waals surface area (Å²) in [6, 6.07) is 19.9. The average molecular weight is 394 g/mol. The van der Waals surface area contributed by atoms with E-state index in [2.05, 4.69) is 22.4 Å². The second kappa shape index (κ2) is 8.65. The summed E-state index contributed by atoms with van der Waals surface area (Å²) in [5.74, 6) is -0.177. The third-order valence-electron chi connectivity index (χ3n) is 4.63. The van der Waals surface area contributed by atoms with Crippen molar-refractivity contribution in [2.75, 3.05) is 11.9 Å². The van der Waals surface area contributed by atoms with Crippen molar-refractivity contribution in [3.63, 3.8) is 0 Å². The van der Waals surface area contributed by atoms with Gasteiger partial charge in [-0.15, -0.1) is 11.3 Å². The van der Waals surface area contributed by atoms with Gasteiger partial charge in [0.1, 0.15) is 6.10 Å². The zero-order chi connectivity index (χ0) is 19.3. The maximum absolute atomic E-state index is 12.7. The summed E-state index contributed by atoms with van der Waals surface area (Å²) in [7, 11) is 0. The van der Waals surface area contributed by atoms with Gasteiger partial charge in [0.05, 0.1) is 12.3 Å². The lowest BCUT2D eigenvalue weighted by atomic mass is 10.1. The molecular weight excluding hydrogens is 372 g/mol. The van der Waals surface area contributed by atoms with Crippen molar-refractivity contribution in [1.82, 2.24) is 4.98 Å². The Morgan fingerprint density at radius 3 is 2.61 bits per heavy atom. The van der Waals surface area contributed by atoms with Crippen LogP contribution in [0.2, 0.25) is 0 Å². The molecule has 1 aliphatic rings. The zero-order valence-electron chi connectivity index (χ0n) is 15.6. The highest BCUT2D eigenvalue weighted by Crippen LogP contribution is 2.28. The van der Waals surface area contributed by atoms with E-state index in [0.29, 0.717) is 18.2 Å². The number of aryl methyl sites for hydroxylation is 1. The fourth-order valence-corrected chi connectivity index (χ4v) is 4.13. The van der Waals surface area contributed by atoms with Crippen LogP contribution >= 0.6 is 11.3 Å². The third kappa shape index (κ3) is 4.47. The summed E-state index contributed by atoms with van der Waals surface area (Å²) in [6.07, 6.45) is 0.263. The molecule has 2 heterocycles. The number of benzene rings is 2. The van der Waals surface area contributed by atoms with E-state index in [1.807, 2.05) is 55.5 Å². The minimum atomic E-state index is -0.555. The van der Waals surface area contributed by atoms with Crippen LogP contribution in [0.25, 0.3) is 0 Å². The predicted octanol–water partition coefficient (Wildman–Crippen LogP) is 4.49. The van der Waals surface area contributed by atoms with Gasteiger partial charge in [-0.05, 0) is 12.5 Å². The minimum Gasteiger partial charge on any atom is -0.348 e. The Morgan fingerprint density at radius 1 is 1.14 bits per heavy atom. The molecule has 1 fully saturated rings. The van der Waals surface area contributed by atoms with Crippen LogP contribution in [-0.2, 0) is 20.7 Å². The van der Waals surface area contributed by atoms with Crippen molar-refractivity contribution < 1.29 is 14.3 Å². The molecule has 3 aromatic rings. The normalized spacial score (nSPS) is 19.3. The van der Waals surface area contributed by atoms with E-state index in [1.54, 1.807) is 0 Å². The second-order valence-corrected chi connectivity index (χ2v) is 7.79. The van der Waals surface area contributed by atoms with Crippen molar-refractivity contribution >= 4 is 22.4 Å². The van der Waals surface area contributed by atoms with E-state index >= 15 is 0 Å². The molecule has 1 saturated heterocycles. The minimum absolute atomic E-state index is 0.177. The fourth-order valence-electron chi connectivity index (χ4n) is 3.13. The van der Waals surface area contributed by atoms with Crippen LogP contribution in [0.15, 0.2) is 60.7 Å². The predicted molar refractivity (Wildman–Crippen MR) is 109 cm³/mol. The smallest absolute Gasteiger partial charge is 0.255 e. The number of rotatable bonds is 5. The largest absolute Gasteiger partial charge is 0.348 e. The van der Waals surface area contributed by atoms with E-state index < -0.39 is 12.4 Å². The first kappa shape index (κ1) is 18.8. The number of amides is 1. The zero-order valence-corrected chi connectivity index (χ0v) is 16.4. The molecule has 0 aliphatic carbocycles. The van der Waals surface area contributed by atoms with Gasteiger partial charge in [0.15, 0.2) is 11.4 Å². The van der Waals surface area contributed by atoms with Gasteiger partial charge in [-0.1, -0.05) is 60.7 Å². The Bertz CT molecular complexity index is 927. The molecule has 1 aromatic heterocycles. The molecule has 0 saturated carbocycles. The lowest BCUT2D eigenvalue weighted by molar-refractivity contribution is -0.214. The number of thiazole rings is 1. The average Bonchev–Trinajstić information content (AvgIpc) is 3.08. The lowest BCUT2D eigenvalue weighted by Crippen LogP contribution is -2.37. The summed E-state index contributed by atoms with van der Waals surface area (Å²) in [4.78, 5) is 18.4. The lowest BCUT2D eigenvalue weighted by Gasteiger charge is -2.29. The van der Waals surface area contributed by atoms with Gasteiger partial charge in [0, 0.05) is 23.3 Å². The Kier molecular flexibility index (Phi) is 5.81. The van der Waals surface area contributed by atoms with Gasteiger partial charge in [0.25, 0.3) is 5.91 Å². The van der Waals surface area contributed by atoms with Crippen LogP contribution in [0.3, 0.4) is 0 Å². The number of anilines is 1. The molecule has 144 valence electrons. The molecule has 2 aromatic carbocycles. The third-order valence-corrected chi connectivity index (χ3v) is 5.70. The highest BCUT2D eigenvalue weighted by Gasteiger charge is 2.30.